The van der Waals surface area contributed by atoms with Gasteiger partial charge in [-0.25, -0.2) is 0 Å². The Hall–Kier alpha value is -0.0800. The van der Waals surface area contributed by atoms with Gasteiger partial charge in [0.05, 0.1) is 6.10 Å². The van der Waals surface area contributed by atoms with Gasteiger partial charge in [-0.15, -0.1) is 0 Å². The van der Waals surface area contributed by atoms with Crippen molar-refractivity contribution in [2.24, 2.45) is 5.92 Å². The third kappa shape index (κ3) is 3.18. The normalized spacial score (nSPS) is 33.2. The third-order valence-corrected chi connectivity index (χ3v) is 3.93. The van der Waals surface area contributed by atoms with Crippen LogP contribution in [0.4, 0.5) is 0 Å². The first-order chi connectivity index (χ1) is 7.28. The monoisotopic (exact) mass is 211 g/mol. The van der Waals surface area contributed by atoms with E-state index in [1.165, 1.54) is 38.5 Å². The van der Waals surface area contributed by atoms with E-state index in [-0.39, 0.29) is 0 Å². The molecular formula is C13H25NO. The van der Waals surface area contributed by atoms with Crippen LogP contribution in [0.25, 0.3) is 0 Å². The molecular weight excluding hydrogens is 186 g/mol. The van der Waals surface area contributed by atoms with Crippen LogP contribution in [0.2, 0.25) is 0 Å². The number of hydrogen-bond donors (Lipinski definition) is 1. The predicted molar refractivity (Wildman–Crippen MR) is 63.0 cm³/mol. The van der Waals surface area contributed by atoms with Gasteiger partial charge >= 0.3 is 0 Å². The van der Waals surface area contributed by atoms with Gasteiger partial charge in [-0.2, -0.15) is 0 Å². The highest BCUT2D eigenvalue weighted by atomic mass is 16.5. The first-order valence-corrected chi connectivity index (χ1v) is 6.65. The number of hydrogen-bond acceptors (Lipinski definition) is 2. The number of nitrogens with one attached hydrogen (secondary N) is 1. The average Bonchev–Trinajstić information content (AvgIpc) is 2.08. The molecule has 0 aromatic heterocycles. The van der Waals surface area contributed by atoms with Crippen LogP contribution >= 0.6 is 0 Å². The summed E-state index contributed by atoms with van der Waals surface area (Å²) in [7, 11) is 0. The molecule has 0 bridgehead atoms. The molecule has 2 heteroatoms. The summed E-state index contributed by atoms with van der Waals surface area (Å²) in [4.78, 5) is 0. The summed E-state index contributed by atoms with van der Waals surface area (Å²) in [6.07, 6.45) is 8.79. The van der Waals surface area contributed by atoms with Crippen molar-refractivity contribution < 1.29 is 4.74 Å². The third-order valence-electron chi connectivity index (χ3n) is 3.93. The molecule has 2 nitrogen and oxygen atoms in total. The van der Waals surface area contributed by atoms with E-state index in [1.54, 1.807) is 0 Å². The summed E-state index contributed by atoms with van der Waals surface area (Å²) in [5, 5.41) is 3.72. The molecule has 1 unspecified atom stereocenters. The van der Waals surface area contributed by atoms with E-state index in [0.29, 0.717) is 12.1 Å². The van der Waals surface area contributed by atoms with Crippen molar-refractivity contribution in [3.05, 3.63) is 0 Å². The molecule has 1 N–H and O–H groups in total. The van der Waals surface area contributed by atoms with Crippen molar-refractivity contribution in [3.8, 4) is 0 Å². The van der Waals surface area contributed by atoms with Gasteiger partial charge in [-0.05, 0) is 39.0 Å². The maximum Gasteiger partial charge on any atom is 0.0604 e. The minimum absolute atomic E-state index is 0.545. The van der Waals surface area contributed by atoms with Gasteiger partial charge in [-0.3, -0.25) is 0 Å². The van der Waals surface area contributed by atoms with Gasteiger partial charge in [0.15, 0.2) is 0 Å². The zero-order valence-corrected chi connectivity index (χ0v) is 10.2. The Bertz CT molecular complexity index is 185. The van der Waals surface area contributed by atoms with Crippen molar-refractivity contribution >= 4 is 0 Å². The van der Waals surface area contributed by atoms with Crippen LogP contribution in [0.3, 0.4) is 0 Å². The molecule has 0 amide bonds. The Labute approximate surface area is 93.8 Å². The summed E-state index contributed by atoms with van der Waals surface area (Å²) in [5.41, 5.74) is 0. The van der Waals surface area contributed by atoms with E-state index in [1.807, 2.05) is 0 Å². The Kier molecular flexibility index (Phi) is 4.04. The van der Waals surface area contributed by atoms with Gasteiger partial charge < -0.3 is 10.1 Å². The molecule has 0 spiro atoms. The molecule has 1 atom stereocenters. The van der Waals surface area contributed by atoms with Gasteiger partial charge in [0, 0.05) is 18.7 Å². The molecule has 0 radical (unpaired) electrons. The molecule has 88 valence electrons. The molecule has 0 aromatic rings. The van der Waals surface area contributed by atoms with E-state index < -0.39 is 0 Å². The SMILES string of the molecule is CCOC1CC(NC(C)CC2CCC2)C1. The maximum atomic E-state index is 5.56. The van der Waals surface area contributed by atoms with E-state index in [4.69, 9.17) is 4.74 Å². The van der Waals surface area contributed by atoms with Crippen LogP contribution in [0, 0.1) is 5.92 Å². The Morgan fingerprint density at radius 1 is 1.33 bits per heavy atom. The molecule has 2 saturated carbocycles. The molecule has 2 fully saturated rings. The fourth-order valence-electron chi connectivity index (χ4n) is 2.77. The maximum absolute atomic E-state index is 5.56. The van der Waals surface area contributed by atoms with E-state index in [2.05, 4.69) is 19.2 Å². The highest BCUT2D eigenvalue weighted by molar-refractivity contribution is 4.88. The minimum Gasteiger partial charge on any atom is -0.378 e. The largest absolute Gasteiger partial charge is 0.378 e. The summed E-state index contributed by atoms with van der Waals surface area (Å²) >= 11 is 0. The smallest absolute Gasteiger partial charge is 0.0604 e. The summed E-state index contributed by atoms with van der Waals surface area (Å²) in [5.74, 6) is 1.02. The van der Waals surface area contributed by atoms with Crippen molar-refractivity contribution in [1.82, 2.24) is 5.32 Å². The minimum atomic E-state index is 0.545. The van der Waals surface area contributed by atoms with Crippen LogP contribution in [-0.2, 0) is 4.74 Å². The van der Waals surface area contributed by atoms with Gasteiger partial charge in [0.1, 0.15) is 0 Å². The predicted octanol–water partition coefficient (Wildman–Crippen LogP) is 2.72. The number of rotatable bonds is 6. The van der Waals surface area contributed by atoms with Crippen LogP contribution in [-0.4, -0.2) is 24.8 Å². The lowest BCUT2D eigenvalue weighted by Gasteiger charge is -2.38. The van der Waals surface area contributed by atoms with E-state index in [9.17, 15) is 0 Å². The molecule has 0 saturated heterocycles. The lowest BCUT2D eigenvalue weighted by Crippen LogP contribution is -2.49. The molecule has 0 aromatic carbocycles. The standard InChI is InChI=1S/C13H25NO/c1-3-15-13-8-12(9-13)14-10(2)7-11-5-4-6-11/h10-14H,3-9H2,1-2H3. The van der Waals surface area contributed by atoms with Crippen LogP contribution in [0.5, 0.6) is 0 Å². The molecule has 0 heterocycles. The highest BCUT2D eigenvalue weighted by Gasteiger charge is 2.30. The molecule has 2 rings (SSSR count). The highest BCUT2D eigenvalue weighted by Crippen LogP contribution is 2.31. The zero-order valence-electron chi connectivity index (χ0n) is 10.2. The summed E-state index contributed by atoms with van der Waals surface area (Å²) < 4.78 is 5.56. The summed E-state index contributed by atoms with van der Waals surface area (Å²) in [6, 6.07) is 1.44. The molecule has 2 aliphatic rings. The fraction of sp³-hybridized carbons (Fsp3) is 1.00. The second kappa shape index (κ2) is 5.31. The summed E-state index contributed by atoms with van der Waals surface area (Å²) in [6.45, 7) is 5.29. The van der Waals surface area contributed by atoms with Crippen molar-refractivity contribution in [2.45, 2.75) is 70.6 Å². The molecule has 15 heavy (non-hydrogen) atoms. The first kappa shape index (κ1) is 11.4. The Balaban J connectivity index is 1.53. The van der Waals surface area contributed by atoms with E-state index >= 15 is 0 Å². The van der Waals surface area contributed by atoms with E-state index in [0.717, 1.165) is 18.6 Å². The van der Waals surface area contributed by atoms with Crippen molar-refractivity contribution in [1.29, 1.82) is 0 Å². The second-order valence-corrected chi connectivity index (χ2v) is 5.35. The first-order valence-electron chi connectivity index (χ1n) is 6.65. The van der Waals surface area contributed by atoms with Crippen LogP contribution in [0.15, 0.2) is 0 Å². The van der Waals surface area contributed by atoms with Crippen molar-refractivity contribution in [3.63, 3.8) is 0 Å². The Morgan fingerprint density at radius 3 is 2.60 bits per heavy atom. The van der Waals surface area contributed by atoms with Gasteiger partial charge in [-0.1, -0.05) is 19.3 Å². The van der Waals surface area contributed by atoms with Crippen LogP contribution in [0.1, 0.15) is 52.4 Å². The quantitative estimate of drug-likeness (QED) is 0.729. The van der Waals surface area contributed by atoms with Gasteiger partial charge in [0.2, 0.25) is 0 Å². The lowest BCUT2D eigenvalue weighted by atomic mass is 9.80. The average molecular weight is 211 g/mol. The molecule has 0 aliphatic heterocycles. The van der Waals surface area contributed by atoms with Crippen LogP contribution < -0.4 is 5.32 Å². The second-order valence-electron chi connectivity index (χ2n) is 5.35. The zero-order chi connectivity index (χ0) is 10.7. The van der Waals surface area contributed by atoms with Crippen molar-refractivity contribution in [2.75, 3.05) is 6.61 Å². The topological polar surface area (TPSA) is 21.3 Å². The van der Waals surface area contributed by atoms with Gasteiger partial charge in [0.25, 0.3) is 0 Å². The number of ether oxygens (including phenoxy) is 1. The lowest BCUT2D eigenvalue weighted by molar-refractivity contribution is -0.0128. The molecule has 2 aliphatic carbocycles. The fourth-order valence-corrected chi connectivity index (χ4v) is 2.77. The Morgan fingerprint density at radius 2 is 2.07 bits per heavy atom.